The molecule has 0 radical (unpaired) electrons. The van der Waals surface area contributed by atoms with Gasteiger partial charge < -0.3 is 10.5 Å². The molecule has 2 rings (SSSR count). The summed E-state index contributed by atoms with van der Waals surface area (Å²) in [5.41, 5.74) is 8.10. The highest BCUT2D eigenvalue weighted by atomic mass is 19.1. The maximum absolute atomic E-state index is 13.3. The van der Waals surface area contributed by atoms with Crippen LogP contribution < -0.4 is 10.5 Å². The molecule has 2 aromatic carbocycles. The Morgan fingerprint density at radius 2 is 1.95 bits per heavy atom. The van der Waals surface area contributed by atoms with Crippen molar-refractivity contribution in [1.82, 2.24) is 0 Å². The van der Waals surface area contributed by atoms with E-state index < -0.39 is 0 Å². The van der Waals surface area contributed by atoms with E-state index in [9.17, 15) is 4.39 Å². The Morgan fingerprint density at radius 1 is 1.25 bits per heavy atom. The molecule has 0 aromatic heterocycles. The number of nitrogens with zero attached hydrogens (tertiary/aromatic N) is 1. The van der Waals surface area contributed by atoms with Crippen molar-refractivity contribution in [3.8, 4) is 11.8 Å². The molecule has 0 bridgehead atoms. The minimum absolute atomic E-state index is 0.230. The van der Waals surface area contributed by atoms with Gasteiger partial charge in [0.25, 0.3) is 0 Å². The lowest BCUT2D eigenvalue weighted by atomic mass is 10.1. The third-order valence-corrected chi connectivity index (χ3v) is 2.94. The third kappa shape index (κ3) is 3.34. The highest BCUT2D eigenvalue weighted by Gasteiger charge is 2.09. The van der Waals surface area contributed by atoms with Crippen LogP contribution in [-0.2, 0) is 6.61 Å². The fourth-order valence-corrected chi connectivity index (χ4v) is 1.85. The van der Waals surface area contributed by atoms with Crippen molar-refractivity contribution < 1.29 is 9.13 Å². The average molecular weight is 270 g/mol. The Kier molecular flexibility index (Phi) is 4.34. The zero-order valence-corrected chi connectivity index (χ0v) is 11.1. The SMILES string of the molecule is C[C@H](N)c1ccc(F)cc1OCc1ccc(C#N)cc1. The molecule has 0 saturated carbocycles. The number of ether oxygens (including phenoxy) is 1. The molecule has 3 nitrogen and oxygen atoms in total. The van der Waals surface area contributed by atoms with E-state index in [0.717, 1.165) is 11.1 Å². The average Bonchev–Trinajstić information content (AvgIpc) is 2.45. The normalized spacial score (nSPS) is 11.7. The summed E-state index contributed by atoms with van der Waals surface area (Å²) in [6, 6.07) is 13.2. The summed E-state index contributed by atoms with van der Waals surface area (Å²) in [6.07, 6.45) is 0. The molecule has 0 saturated heterocycles. The molecule has 0 unspecified atom stereocenters. The van der Waals surface area contributed by atoms with Crippen LogP contribution in [-0.4, -0.2) is 0 Å². The van der Waals surface area contributed by atoms with Crippen LogP contribution in [0.25, 0.3) is 0 Å². The number of benzene rings is 2. The maximum Gasteiger partial charge on any atom is 0.127 e. The molecule has 0 spiro atoms. The van der Waals surface area contributed by atoms with E-state index in [4.69, 9.17) is 15.7 Å². The predicted molar refractivity (Wildman–Crippen MR) is 74.5 cm³/mol. The number of halogens is 1. The van der Waals surface area contributed by atoms with Gasteiger partial charge in [-0.05, 0) is 30.7 Å². The molecule has 0 aliphatic rings. The molecular weight excluding hydrogens is 255 g/mol. The van der Waals surface area contributed by atoms with Gasteiger partial charge in [0, 0.05) is 17.7 Å². The first kappa shape index (κ1) is 14.0. The molecule has 1 atom stereocenters. The maximum atomic E-state index is 13.3. The van der Waals surface area contributed by atoms with Gasteiger partial charge in [0.2, 0.25) is 0 Å². The second-order valence-corrected chi connectivity index (χ2v) is 4.57. The summed E-state index contributed by atoms with van der Waals surface area (Å²) in [7, 11) is 0. The van der Waals surface area contributed by atoms with Gasteiger partial charge in [-0.15, -0.1) is 0 Å². The largest absolute Gasteiger partial charge is 0.488 e. The molecule has 2 N–H and O–H groups in total. The monoisotopic (exact) mass is 270 g/mol. The quantitative estimate of drug-likeness (QED) is 0.927. The predicted octanol–water partition coefficient (Wildman–Crippen LogP) is 3.30. The van der Waals surface area contributed by atoms with Gasteiger partial charge in [0.15, 0.2) is 0 Å². The smallest absolute Gasteiger partial charge is 0.127 e. The zero-order chi connectivity index (χ0) is 14.5. The first-order chi connectivity index (χ1) is 9.60. The number of nitrogens with two attached hydrogens (primary N) is 1. The van der Waals surface area contributed by atoms with E-state index in [2.05, 4.69) is 6.07 Å². The van der Waals surface area contributed by atoms with Crippen LogP contribution in [0.1, 0.15) is 29.7 Å². The Balaban J connectivity index is 2.13. The van der Waals surface area contributed by atoms with Crippen LogP contribution in [0.2, 0.25) is 0 Å². The number of hydrogen-bond donors (Lipinski definition) is 1. The van der Waals surface area contributed by atoms with Crippen LogP contribution in [0.4, 0.5) is 4.39 Å². The summed E-state index contributed by atoms with van der Waals surface area (Å²) < 4.78 is 18.9. The van der Waals surface area contributed by atoms with Crippen LogP contribution in [0.3, 0.4) is 0 Å². The number of nitriles is 1. The fraction of sp³-hybridized carbons (Fsp3) is 0.188. The Hall–Kier alpha value is -2.38. The molecule has 20 heavy (non-hydrogen) atoms. The van der Waals surface area contributed by atoms with Crippen molar-refractivity contribution in [2.75, 3.05) is 0 Å². The van der Waals surface area contributed by atoms with Crippen LogP contribution in [0.15, 0.2) is 42.5 Å². The first-order valence-corrected chi connectivity index (χ1v) is 6.27. The molecule has 0 fully saturated rings. The van der Waals surface area contributed by atoms with E-state index in [1.165, 1.54) is 12.1 Å². The second-order valence-electron chi connectivity index (χ2n) is 4.57. The van der Waals surface area contributed by atoms with Gasteiger partial charge >= 0.3 is 0 Å². The standard InChI is InChI=1S/C16H15FN2O/c1-11(19)15-7-6-14(17)8-16(15)20-10-13-4-2-12(9-18)3-5-13/h2-8,11H,10,19H2,1H3/t11-/m0/s1. The first-order valence-electron chi connectivity index (χ1n) is 6.27. The van der Waals surface area contributed by atoms with Crippen LogP contribution in [0.5, 0.6) is 5.75 Å². The van der Waals surface area contributed by atoms with Crippen molar-refractivity contribution >= 4 is 0 Å². The highest BCUT2D eigenvalue weighted by Crippen LogP contribution is 2.25. The minimum Gasteiger partial charge on any atom is -0.488 e. The summed E-state index contributed by atoms with van der Waals surface area (Å²) in [5, 5.41) is 8.73. The fourth-order valence-electron chi connectivity index (χ4n) is 1.85. The van der Waals surface area contributed by atoms with Gasteiger partial charge in [-0.1, -0.05) is 18.2 Å². The molecule has 2 aromatic rings. The Bertz CT molecular complexity index is 630. The third-order valence-electron chi connectivity index (χ3n) is 2.94. The lowest BCUT2D eigenvalue weighted by molar-refractivity contribution is 0.300. The van der Waals surface area contributed by atoms with Gasteiger partial charge in [-0.3, -0.25) is 0 Å². The summed E-state index contributed by atoms with van der Waals surface area (Å²) in [5.74, 6) is 0.0913. The van der Waals surface area contributed by atoms with Crippen LogP contribution in [0, 0.1) is 17.1 Å². The van der Waals surface area contributed by atoms with Crippen LogP contribution >= 0.6 is 0 Å². The molecule has 0 aliphatic heterocycles. The summed E-state index contributed by atoms with van der Waals surface area (Å²) >= 11 is 0. The molecule has 0 aliphatic carbocycles. The van der Waals surface area contributed by atoms with Crippen molar-refractivity contribution in [1.29, 1.82) is 5.26 Å². The van der Waals surface area contributed by atoms with E-state index in [-0.39, 0.29) is 11.9 Å². The van der Waals surface area contributed by atoms with E-state index >= 15 is 0 Å². The second kappa shape index (κ2) is 6.18. The minimum atomic E-state index is -0.357. The van der Waals surface area contributed by atoms with E-state index in [1.54, 1.807) is 18.2 Å². The Labute approximate surface area is 117 Å². The molecule has 0 heterocycles. The van der Waals surface area contributed by atoms with E-state index in [1.807, 2.05) is 19.1 Å². The number of hydrogen-bond acceptors (Lipinski definition) is 3. The lowest BCUT2D eigenvalue weighted by Crippen LogP contribution is -2.08. The Morgan fingerprint density at radius 3 is 2.55 bits per heavy atom. The van der Waals surface area contributed by atoms with Gasteiger partial charge in [-0.25, -0.2) is 4.39 Å². The molecular formula is C16H15FN2O. The van der Waals surface area contributed by atoms with Gasteiger partial charge in [0.1, 0.15) is 18.2 Å². The van der Waals surface area contributed by atoms with Gasteiger partial charge in [0.05, 0.1) is 11.6 Å². The van der Waals surface area contributed by atoms with Crippen molar-refractivity contribution in [3.05, 3.63) is 65.0 Å². The van der Waals surface area contributed by atoms with Crippen molar-refractivity contribution in [3.63, 3.8) is 0 Å². The zero-order valence-electron chi connectivity index (χ0n) is 11.1. The topological polar surface area (TPSA) is 59.0 Å². The van der Waals surface area contributed by atoms with Crippen molar-refractivity contribution in [2.24, 2.45) is 5.73 Å². The van der Waals surface area contributed by atoms with Crippen molar-refractivity contribution in [2.45, 2.75) is 19.6 Å². The molecule has 0 amide bonds. The number of rotatable bonds is 4. The van der Waals surface area contributed by atoms with E-state index in [0.29, 0.717) is 17.9 Å². The summed E-state index contributed by atoms with van der Waals surface area (Å²) in [6.45, 7) is 2.12. The summed E-state index contributed by atoms with van der Waals surface area (Å²) in [4.78, 5) is 0. The molecule has 4 heteroatoms. The lowest BCUT2D eigenvalue weighted by Gasteiger charge is -2.14. The molecule has 102 valence electrons. The van der Waals surface area contributed by atoms with Gasteiger partial charge in [-0.2, -0.15) is 5.26 Å². The highest BCUT2D eigenvalue weighted by molar-refractivity contribution is 5.37.